The summed E-state index contributed by atoms with van der Waals surface area (Å²) in [5, 5.41) is 11.1. The minimum Gasteiger partial charge on any atom is -0.376 e. The quantitative estimate of drug-likeness (QED) is 0.795. The highest BCUT2D eigenvalue weighted by atomic mass is 35.5. The van der Waals surface area contributed by atoms with Crippen molar-refractivity contribution in [3.8, 4) is 0 Å². The molecule has 0 aliphatic carbocycles. The molecule has 90 valence electrons. The lowest BCUT2D eigenvalue weighted by atomic mass is 10.1. The topological polar surface area (TPSA) is 75.7 Å². The summed E-state index contributed by atoms with van der Waals surface area (Å²) in [5.74, 6) is 0.705. The summed E-state index contributed by atoms with van der Waals surface area (Å²) in [7, 11) is 0. The van der Waals surface area contributed by atoms with Crippen molar-refractivity contribution in [2.75, 3.05) is 11.9 Å². The van der Waals surface area contributed by atoms with Crippen LogP contribution in [-0.2, 0) is 4.74 Å². The zero-order chi connectivity index (χ0) is 11.8. The molecular weight excluding hydrogens is 242 g/mol. The van der Waals surface area contributed by atoms with Crippen LogP contribution < -0.4 is 5.32 Å². The smallest absolute Gasteiger partial charge is 0.226 e. The van der Waals surface area contributed by atoms with E-state index in [0.29, 0.717) is 11.5 Å². The number of rotatable bonds is 2. The minimum absolute atomic E-state index is 0.172. The van der Waals surface area contributed by atoms with Gasteiger partial charge in [-0.05, 0) is 24.9 Å². The normalized spacial score (nSPS) is 24.4. The summed E-state index contributed by atoms with van der Waals surface area (Å²) < 4.78 is 5.50. The number of nitrogens with zero attached hydrogens (tertiary/aromatic N) is 3. The molecule has 2 aromatic heterocycles. The van der Waals surface area contributed by atoms with Crippen molar-refractivity contribution in [3.05, 3.63) is 11.5 Å². The molecule has 0 radical (unpaired) electrons. The van der Waals surface area contributed by atoms with Crippen molar-refractivity contribution in [2.24, 2.45) is 0 Å². The fourth-order valence-electron chi connectivity index (χ4n) is 2.01. The van der Waals surface area contributed by atoms with Crippen molar-refractivity contribution >= 4 is 28.5 Å². The molecule has 3 heterocycles. The Morgan fingerprint density at radius 1 is 1.53 bits per heavy atom. The van der Waals surface area contributed by atoms with Crippen LogP contribution in [0.1, 0.15) is 13.3 Å². The van der Waals surface area contributed by atoms with Crippen LogP contribution in [-0.4, -0.2) is 38.9 Å². The molecule has 0 saturated carbocycles. The molecule has 3 rings (SSSR count). The van der Waals surface area contributed by atoms with Crippen LogP contribution >= 0.6 is 11.6 Å². The molecule has 0 amide bonds. The van der Waals surface area contributed by atoms with E-state index in [4.69, 9.17) is 16.3 Å². The van der Waals surface area contributed by atoms with E-state index in [1.165, 1.54) is 0 Å². The first-order chi connectivity index (χ1) is 8.24. The van der Waals surface area contributed by atoms with Gasteiger partial charge in [0.2, 0.25) is 5.28 Å². The second-order valence-corrected chi connectivity index (χ2v) is 4.43. The van der Waals surface area contributed by atoms with Crippen molar-refractivity contribution in [1.82, 2.24) is 20.2 Å². The van der Waals surface area contributed by atoms with Crippen LogP contribution in [0.15, 0.2) is 6.20 Å². The summed E-state index contributed by atoms with van der Waals surface area (Å²) >= 11 is 5.86. The summed E-state index contributed by atoms with van der Waals surface area (Å²) in [6, 6.07) is 0.249. The monoisotopic (exact) mass is 253 g/mol. The minimum atomic E-state index is 0.172. The number of ether oxygens (including phenoxy) is 1. The molecule has 17 heavy (non-hydrogen) atoms. The number of fused-ring (bicyclic) bond motifs is 1. The van der Waals surface area contributed by atoms with E-state index in [0.717, 1.165) is 18.4 Å². The first-order valence-corrected chi connectivity index (χ1v) is 5.86. The average molecular weight is 254 g/mol. The summed E-state index contributed by atoms with van der Waals surface area (Å²) in [6.07, 6.45) is 2.82. The third-order valence-corrected chi connectivity index (χ3v) is 3.15. The third kappa shape index (κ3) is 1.94. The number of hydrogen-bond acceptors (Lipinski definition) is 5. The predicted octanol–water partition coefficient (Wildman–Crippen LogP) is 1.60. The van der Waals surface area contributed by atoms with Gasteiger partial charge in [-0.3, -0.25) is 5.10 Å². The Balaban J connectivity index is 1.96. The Morgan fingerprint density at radius 3 is 3.18 bits per heavy atom. The lowest BCUT2D eigenvalue weighted by molar-refractivity contribution is 0.121. The maximum absolute atomic E-state index is 5.86. The number of aromatic nitrogens is 4. The maximum Gasteiger partial charge on any atom is 0.226 e. The highest BCUT2D eigenvalue weighted by Crippen LogP contribution is 2.24. The number of hydrogen-bond donors (Lipinski definition) is 2. The molecule has 0 aromatic carbocycles. The van der Waals surface area contributed by atoms with Crippen molar-refractivity contribution in [1.29, 1.82) is 0 Å². The first kappa shape index (κ1) is 10.7. The molecule has 7 heteroatoms. The molecule has 2 N–H and O–H groups in total. The average Bonchev–Trinajstić information content (AvgIpc) is 2.88. The maximum atomic E-state index is 5.86. The van der Waals surface area contributed by atoms with Crippen molar-refractivity contribution in [3.63, 3.8) is 0 Å². The standard InChI is InChI=1S/C10H12ClN5O/c1-5-7(2-3-17-5)13-8-6-4-12-16-9(6)15-10(11)14-8/h4-5,7H,2-3H2,1H3,(H2,12,13,14,15,16). The molecule has 2 unspecified atom stereocenters. The Hall–Kier alpha value is -1.40. The van der Waals surface area contributed by atoms with Crippen LogP contribution in [0.25, 0.3) is 11.0 Å². The summed E-state index contributed by atoms with van der Waals surface area (Å²) in [4.78, 5) is 8.25. The first-order valence-electron chi connectivity index (χ1n) is 5.49. The summed E-state index contributed by atoms with van der Waals surface area (Å²) in [6.45, 7) is 2.81. The van der Waals surface area contributed by atoms with E-state index in [1.807, 2.05) is 6.92 Å². The van der Waals surface area contributed by atoms with Crippen LogP contribution in [0, 0.1) is 0 Å². The molecule has 2 aromatic rings. The fourth-order valence-corrected chi connectivity index (χ4v) is 2.18. The number of anilines is 1. The van der Waals surface area contributed by atoms with Crippen LogP contribution in [0.5, 0.6) is 0 Å². The second kappa shape index (κ2) is 4.12. The molecule has 2 atom stereocenters. The predicted molar refractivity (Wildman–Crippen MR) is 64.1 cm³/mol. The van der Waals surface area contributed by atoms with Crippen LogP contribution in [0.3, 0.4) is 0 Å². The van der Waals surface area contributed by atoms with E-state index >= 15 is 0 Å². The molecule has 6 nitrogen and oxygen atoms in total. The molecule has 1 fully saturated rings. The van der Waals surface area contributed by atoms with Gasteiger partial charge in [-0.2, -0.15) is 15.1 Å². The zero-order valence-electron chi connectivity index (χ0n) is 9.27. The lowest BCUT2D eigenvalue weighted by Crippen LogP contribution is -2.27. The fraction of sp³-hybridized carbons (Fsp3) is 0.500. The number of aromatic amines is 1. The van der Waals surface area contributed by atoms with Gasteiger partial charge in [-0.25, -0.2) is 0 Å². The lowest BCUT2D eigenvalue weighted by Gasteiger charge is -2.16. The molecule has 1 saturated heterocycles. The number of nitrogens with one attached hydrogen (secondary N) is 2. The Morgan fingerprint density at radius 2 is 2.41 bits per heavy atom. The van der Waals surface area contributed by atoms with Crippen LogP contribution in [0.2, 0.25) is 5.28 Å². The van der Waals surface area contributed by atoms with E-state index in [9.17, 15) is 0 Å². The second-order valence-electron chi connectivity index (χ2n) is 4.09. The number of H-pyrrole nitrogens is 1. The van der Waals surface area contributed by atoms with Crippen molar-refractivity contribution < 1.29 is 4.74 Å². The van der Waals surface area contributed by atoms with Crippen LogP contribution in [0.4, 0.5) is 5.82 Å². The van der Waals surface area contributed by atoms with Gasteiger partial charge >= 0.3 is 0 Å². The SMILES string of the molecule is CC1OCCC1Nc1nc(Cl)nc2[nH]ncc12. The van der Waals surface area contributed by atoms with Crippen molar-refractivity contribution in [2.45, 2.75) is 25.5 Å². The van der Waals surface area contributed by atoms with Gasteiger partial charge in [0.05, 0.1) is 23.7 Å². The van der Waals surface area contributed by atoms with Gasteiger partial charge < -0.3 is 10.1 Å². The number of halogens is 1. The van der Waals surface area contributed by atoms with Gasteiger partial charge in [0, 0.05) is 6.61 Å². The van der Waals surface area contributed by atoms with E-state index in [2.05, 4.69) is 25.5 Å². The largest absolute Gasteiger partial charge is 0.376 e. The molecule has 1 aliphatic heterocycles. The molecule has 0 bridgehead atoms. The van der Waals surface area contributed by atoms with Gasteiger partial charge in [0.15, 0.2) is 5.65 Å². The van der Waals surface area contributed by atoms with Gasteiger partial charge in [0.25, 0.3) is 0 Å². The Labute approximate surface area is 103 Å². The molecule has 1 aliphatic rings. The van der Waals surface area contributed by atoms with E-state index in [-0.39, 0.29) is 17.4 Å². The zero-order valence-corrected chi connectivity index (χ0v) is 10.0. The van der Waals surface area contributed by atoms with E-state index in [1.54, 1.807) is 6.20 Å². The van der Waals surface area contributed by atoms with Gasteiger partial charge in [-0.15, -0.1) is 0 Å². The Kier molecular flexibility index (Phi) is 2.60. The van der Waals surface area contributed by atoms with Gasteiger partial charge in [0.1, 0.15) is 5.82 Å². The summed E-state index contributed by atoms with van der Waals surface area (Å²) in [5.41, 5.74) is 0.638. The Bertz CT molecular complexity index is 542. The highest BCUT2D eigenvalue weighted by molar-refractivity contribution is 6.28. The molecular formula is C10H12ClN5O. The van der Waals surface area contributed by atoms with E-state index < -0.39 is 0 Å². The highest BCUT2D eigenvalue weighted by Gasteiger charge is 2.25. The van der Waals surface area contributed by atoms with Gasteiger partial charge in [-0.1, -0.05) is 0 Å². The third-order valence-electron chi connectivity index (χ3n) is 2.98. The molecule has 0 spiro atoms.